The molecule has 1 atom stereocenters. The van der Waals surface area contributed by atoms with E-state index in [-0.39, 0.29) is 23.4 Å². The summed E-state index contributed by atoms with van der Waals surface area (Å²) >= 11 is 0. The maximum absolute atomic E-state index is 13.3. The molecule has 2 aromatic carbocycles. The van der Waals surface area contributed by atoms with E-state index in [1.165, 1.54) is 18.3 Å². The van der Waals surface area contributed by atoms with Crippen LogP contribution in [0.2, 0.25) is 0 Å². The third kappa shape index (κ3) is 5.30. The Morgan fingerprint density at radius 3 is 2.66 bits per heavy atom. The van der Waals surface area contributed by atoms with Crippen molar-refractivity contribution in [2.75, 3.05) is 25.5 Å². The maximum atomic E-state index is 13.3. The van der Waals surface area contributed by atoms with Gasteiger partial charge in [0.2, 0.25) is 0 Å². The molecular formula is C26H26N4O5. The third-order valence-corrected chi connectivity index (χ3v) is 5.94. The van der Waals surface area contributed by atoms with Crippen molar-refractivity contribution in [1.82, 2.24) is 9.88 Å². The number of nitro groups is 1. The van der Waals surface area contributed by atoms with Gasteiger partial charge in [0.1, 0.15) is 6.61 Å². The Kier molecular flexibility index (Phi) is 7.07. The van der Waals surface area contributed by atoms with Crippen molar-refractivity contribution in [2.45, 2.75) is 19.4 Å². The van der Waals surface area contributed by atoms with Crippen molar-refractivity contribution in [3.63, 3.8) is 0 Å². The molecule has 2 N–H and O–H groups in total. The van der Waals surface area contributed by atoms with E-state index in [0.29, 0.717) is 35.6 Å². The lowest BCUT2D eigenvalue weighted by Gasteiger charge is -2.29. The van der Waals surface area contributed by atoms with Gasteiger partial charge in [-0.05, 0) is 31.2 Å². The third-order valence-electron chi connectivity index (χ3n) is 5.94. The number of hydrogen-bond donors (Lipinski definition) is 2. The standard InChI is InChI=1S/C26H26N4O5/c1-17-22(26(32)35-14-13-29(2)16-18-7-4-3-5-8-18)23(19-9-6-10-20(15-19)30(33)34)24-21(28-17)11-12-27-25(24)31/h3-12,15,23,28H,13-14,16H2,1-2H3,(H,27,31). The fraction of sp³-hybridized carbons (Fsp3) is 0.231. The van der Waals surface area contributed by atoms with Crippen molar-refractivity contribution in [1.29, 1.82) is 0 Å². The van der Waals surface area contributed by atoms with Crippen LogP contribution in [0, 0.1) is 10.1 Å². The molecular weight excluding hydrogens is 448 g/mol. The lowest BCUT2D eigenvalue weighted by atomic mass is 9.81. The van der Waals surface area contributed by atoms with Crippen LogP contribution in [0.1, 0.15) is 29.5 Å². The van der Waals surface area contributed by atoms with E-state index in [9.17, 15) is 19.7 Å². The molecule has 0 aliphatic carbocycles. The van der Waals surface area contributed by atoms with Gasteiger partial charge in [-0.15, -0.1) is 0 Å². The SMILES string of the molecule is CC1=C(C(=O)OCCN(C)Cc2ccccc2)C(c2cccc([N+](=O)[O-])c2)c2c(cc[nH]c2=O)N1. The molecule has 4 rings (SSSR count). The quantitative estimate of drug-likeness (QED) is 0.290. The van der Waals surface area contributed by atoms with Crippen LogP contribution in [0.4, 0.5) is 11.4 Å². The molecule has 1 aliphatic rings. The number of aromatic nitrogens is 1. The minimum atomic E-state index is -0.814. The lowest BCUT2D eigenvalue weighted by molar-refractivity contribution is -0.384. The first kappa shape index (κ1) is 23.9. The minimum absolute atomic E-state index is 0.122. The van der Waals surface area contributed by atoms with Crippen LogP contribution < -0.4 is 10.9 Å². The summed E-state index contributed by atoms with van der Waals surface area (Å²) in [6, 6.07) is 17.6. The number of nitrogens with one attached hydrogen (secondary N) is 2. The molecule has 0 saturated heterocycles. The van der Waals surface area contributed by atoms with Crippen LogP contribution in [0.3, 0.4) is 0 Å². The molecule has 0 saturated carbocycles. The van der Waals surface area contributed by atoms with Gasteiger partial charge in [-0.3, -0.25) is 19.8 Å². The average molecular weight is 475 g/mol. The molecule has 0 radical (unpaired) electrons. The van der Waals surface area contributed by atoms with Gasteiger partial charge in [0.25, 0.3) is 11.2 Å². The highest BCUT2D eigenvalue weighted by Crippen LogP contribution is 2.40. The molecule has 35 heavy (non-hydrogen) atoms. The zero-order valence-electron chi connectivity index (χ0n) is 19.5. The first-order valence-electron chi connectivity index (χ1n) is 11.2. The fourth-order valence-corrected chi connectivity index (χ4v) is 4.28. The first-order valence-corrected chi connectivity index (χ1v) is 11.2. The molecule has 9 heteroatoms. The number of likely N-dealkylation sites (N-methyl/N-ethyl adjacent to an activating group) is 1. The lowest BCUT2D eigenvalue weighted by Crippen LogP contribution is -2.31. The highest BCUT2D eigenvalue weighted by Gasteiger charge is 2.35. The van der Waals surface area contributed by atoms with E-state index < -0.39 is 16.8 Å². The minimum Gasteiger partial charge on any atom is -0.461 e. The molecule has 1 aliphatic heterocycles. The molecule has 0 bridgehead atoms. The number of non-ortho nitro benzene ring substituents is 1. The summed E-state index contributed by atoms with van der Waals surface area (Å²) in [4.78, 5) is 41.7. The number of pyridine rings is 1. The van der Waals surface area contributed by atoms with Crippen LogP contribution >= 0.6 is 0 Å². The van der Waals surface area contributed by atoms with Crippen LogP contribution in [-0.4, -0.2) is 41.0 Å². The smallest absolute Gasteiger partial charge is 0.336 e. The van der Waals surface area contributed by atoms with Gasteiger partial charge in [-0.25, -0.2) is 4.79 Å². The summed E-state index contributed by atoms with van der Waals surface area (Å²) in [5.41, 5.74) is 2.75. The van der Waals surface area contributed by atoms with Gasteiger partial charge < -0.3 is 15.0 Å². The second kappa shape index (κ2) is 10.4. The van der Waals surface area contributed by atoms with E-state index in [2.05, 4.69) is 10.3 Å². The summed E-state index contributed by atoms with van der Waals surface area (Å²) < 4.78 is 5.62. The Labute approximate surface area is 202 Å². The monoisotopic (exact) mass is 474 g/mol. The van der Waals surface area contributed by atoms with E-state index in [1.807, 2.05) is 42.3 Å². The van der Waals surface area contributed by atoms with E-state index in [0.717, 1.165) is 5.56 Å². The molecule has 0 fully saturated rings. The highest BCUT2D eigenvalue weighted by molar-refractivity contribution is 5.94. The van der Waals surface area contributed by atoms with Gasteiger partial charge in [0.15, 0.2) is 0 Å². The number of ether oxygens (including phenoxy) is 1. The van der Waals surface area contributed by atoms with E-state index in [4.69, 9.17) is 4.74 Å². The summed E-state index contributed by atoms with van der Waals surface area (Å²) in [5, 5.41) is 14.5. The van der Waals surface area contributed by atoms with Gasteiger partial charge in [-0.1, -0.05) is 42.5 Å². The molecule has 0 spiro atoms. The number of esters is 1. The summed E-state index contributed by atoms with van der Waals surface area (Å²) in [5.74, 6) is -1.39. The fourth-order valence-electron chi connectivity index (χ4n) is 4.28. The number of H-pyrrole nitrogens is 1. The van der Waals surface area contributed by atoms with Crippen molar-refractivity contribution >= 4 is 17.3 Å². The zero-order chi connectivity index (χ0) is 24.9. The van der Waals surface area contributed by atoms with Crippen LogP contribution in [0.5, 0.6) is 0 Å². The Morgan fingerprint density at radius 1 is 1.14 bits per heavy atom. The molecule has 9 nitrogen and oxygen atoms in total. The number of anilines is 1. The summed E-state index contributed by atoms with van der Waals surface area (Å²) in [6.45, 7) is 3.10. The van der Waals surface area contributed by atoms with Crippen LogP contribution in [0.25, 0.3) is 0 Å². The maximum Gasteiger partial charge on any atom is 0.336 e. The van der Waals surface area contributed by atoms with Crippen molar-refractivity contribution < 1.29 is 14.5 Å². The van der Waals surface area contributed by atoms with Gasteiger partial charge in [0.05, 0.1) is 22.0 Å². The molecule has 3 aromatic rings. The zero-order valence-corrected chi connectivity index (χ0v) is 19.5. The highest BCUT2D eigenvalue weighted by atomic mass is 16.6. The Hall–Kier alpha value is -4.24. The number of fused-ring (bicyclic) bond motifs is 1. The predicted molar refractivity (Wildman–Crippen MR) is 132 cm³/mol. The number of nitro benzene ring substituents is 1. The van der Waals surface area contributed by atoms with E-state index >= 15 is 0 Å². The van der Waals surface area contributed by atoms with E-state index in [1.54, 1.807) is 25.1 Å². The van der Waals surface area contributed by atoms with Gasteiger partial charge >= 0.3 is 5.97 Å². The Balaban J connectivity index is 1.58. The predicted octanol–water partition coefficient (Wildman–Crippen LogP) is 3.79. The number of aromatic amines is 1. The number of rotatable bonds is 8. The largest absolute Gasteiger partial charge is 0.461 e. The van der Waals surface area contributed by atoms with Crippen molar-refractivity contribution in [3.05, 3.63) is 115 Å². The normalized spacial score (nSPS) is 14.9. The molecule has 2 heterocycles. The molecule has 180 valence electrons. The number of hydrogen-bond acceptors (Lipinski definition) is 7. The second-order valence-corrected chi connectivity index (χ2v) is 8.44. The van der Waals surface area contributed by atoms with Crippen molar-refractivity contribution in [3.8, 4) is 0 Å². The number of carbonyl (C=O) groups excluding carboxylic acids is 1. The Morgan fingerprint density at radius 2 is 1.91 bits per heavy atom. The number of nitrogens with zero attached hydrogens (tertiary/aromatic N) is 2. The number of carbonyl (C=O) groups is 1. The van der Waals surface area contributed by atoms with Crippen LogP contribution in [-0.2, 0) is 16.1 Å². The number of allylic oxidation sites excluding steroid dienone is 1. The Bertz CT molecular complexity index is 1330. The van der Waals surface area contributed by atoms with Gasteiger partial charge in [0, 0.05) is 42.8 Å². The first-order chi connectivity index (χ1) is 16.8. The summed E-state index contributed by atoms with van der Waals surface area (Å²) in [7, 11) is 1.94. The molecule has 1 aromatic heterocycles. The topological polar surface area (TPSA) is 118 Å². The van der Waals surface area contributed by atoms with Crippen molar-refractivity contribution in [2.24, 2.45) is 0 Å². The van der Waals surface area contributed by atoms with Gasteiger partial charge in [-0.2, -0.15) is 0 Å². The second-order valence-electron chi connectivity index (χ2n) is 8.44. The molecule has 1 unspecified atom stereocenters. The van der Waals surface area contributed by atoms with Crippen LogP contribution in [0.15, 0.2) is 82.9 Å². The summed E-state index contributed by atoms with van der Waals surface area (Å²) in [6.07, 6.45) is 1.51. The number of benzene rings is 2. The average Bonchev–Trinajstić information content (AvgIpc) is 2.84. The molecule has 0 amide bonds.